The molecule has 0 N–H and O–H groups in total. The first-order valence-electron chi connectivity index (χ1n) is 19.7. The number of fused-ring (bicyclic) bond motifs is 3. The predicted molar refractivity (Wildman–Crippen MR) is 222 cm³/mol. The Bertz CT molecular complexity index is 2320. The summed E-state index contributed by atoms with van der Waals surface area (Å²) >= 11 is 0. The Labute approximate surface area is 317 Å². The van der Waals surface area contributed by atoms with Crippen LogP contribution in [0.3, 0.4) is 0 Å². The van der Waals surface area contributed by atoms with Gasteiger partial charge >= 0.3 is 0 Å². The standard InChI is InChI=1S/C48H58N4O/c1-30(2)19-22-42-46(45-31(3)15-14-16-32(45)4)33(5)50-52(42)36-25-35(48(9,10)11)26-38(28-36)53-37-20-21-40-39-17-12-13-18-41(39)51(43(40)29-37)44-27-34(23-24-49-44)47(6,7)8/h12-13,15,17-18,20-21,23-30,32,45H,14,16,19,22H2,1-11H3/t32-,45?/m0/s1. The van der Waals surface area contributed by atoms with Crippen molar-refractivity contribution in [3.8, 4) is 23.0 Å². The van der Waals surface area contributed by atoms with E-state index in [1.54, 1.807) is 0 Å². The highest BCUT2D eigenvalue weighted by molar-refractivity contribution is 6.09. The van der Waals surface area contributed by atoms with E-state index in [4.69, 9.17) is 14.8 Å². The normalized spacial score (nSPS) is 16.9. The molecule has 3 aromatic heterocycles. The number of hydrogen-bond acceptors (Lipinski definition) is 3. The largest absolute Gasteiger partial charge is 0.457 e. The third kappa shape index (κ3) is 7.20. The Morgan fingerprint density at radius 2 is 1.55 bits per heavy atom. The molecule has 1 unspecified atom stereocenters. The van der Waals surface area contributed by atoms with E-state index < -0.39 is 0 Å². The van der Waals surface area contributed by atoms with E-state index in [9.17, 15) is 0 Å². The van der Waals surface area contributed by atoms with Crippen molar-refractivity contribution >= 4 is 21.8 Å². The molecule has 7 rings (SSSR count). The number of nitrogens with zero attached hydrogens (tertiary/aromatic N) is 4. The number of para-hydroxylation sites is 1. The third-order valence-corrected chi connectivity index (χ3v) is 11.3. The first kappa shape index (κ1) is 36.7. The molecule has 0 spiro atoms. The number of ether oxygens (including phenoxy) is 1. The van der Waals surface area contributed by atoms with Crippen LogP contribution in [0.25, 0.3) is 33.3 Å². The molecular weight excluding hydrogens is 649 g/mol. The zero-order valence-electron chi connectivity index (χ0n) is 33.8. The van der Waals surface area contributed by atoms with Gasteiger partial charge < -0.3 is 4.74 Å². The van der Waals surface area contributed by atoms with Crippen LogP contribution in [0.4, 0.5) is 0 Å². The molecule has 0 saturated carbocycles. The summed E-state index contributed by atoms with van der Waals surface area (Å²) in [5.41, 5.74) is 11.0. The molecule has 0 amide bonds. The van der Waals surface area contributed by atoms with Crippen LogP contribution in [-0.4, -0.2) is 19.3 Å². The van der Waals surface area contributed by atoms with Gasteiger partial charge in [-0.3, -0.25) is 4.57 Å². The number of benzene rings is 3. The fraction of sp³-hybridized carbons (Fsp3) is 0.417. The van der Waals surface area contributed by atoms with Crippen molar-refractivity contribution in [3.05, 3.63) is 119 Å². The van der Waals surface area contributed by atoms with Gasteiger partial charge in [-0.1, -0.05) is 92.2 Å². The highest BCUT2D eigenvalue weighted by Crippen LogP contribution is 2.43. The van der Waals surface area contributed by atoms with Crippen LogP contribution in [0, 0.1) is 18.8 Å². The molecule has 0 bridgehead atoms. The van der Waals surface area contributed by atoms with Gasteiger partial charge in [0.15, 0.2) is 0 Å². The molecule has 5 heteroatoms. The van der Waals surface area contributed by atoms with Gasteiger partial charge in [-0.2, -0.15) is 5.10 Å². The first-order valence-corrected chi connectivity index (χ1v) is 19.7. The number of rotatable bonds is 8. The van der Waals surface area contributed by atoms with Crippen molar-refractivity contribution < 1.29 is 4.74 Å². The Morgan fingerprint density at radius 3 is 2.26 bits per heavy atom. The van der Waals surface area contributed by atoms with Crippen LogP contribution in [0.15, 0.2) is 90.6 Å². The second-order valence-electron chi connectivity index (χ2n) is 18.0. The minimum Gasteiger partial charge on any atom is -0.457 e. The molecular formula is C48H58N4O. The Kier molecular flexibility index (Phi) is 9.68. The van der Waals surface area contributed by atoms with Crippen LogP contribution < -0.4 is 4.74 Å². The summed E-state index contributed by atoms with van der Waals surface area (Å²) in [6, 6.07) is 26.1. The van der Waals surface area contributed by atoms with Crippen molar-refractivity contribution in [2.24, 2.45) is 11.8 Å². The van der Waals surface area contributed by atoms with Gasteiger partial charge in [-0.15, -0.1) is 0 Å². The molecule has 0 saturated heterocycles. The van der Waals surface area contributed by atoms with E-state index in [0.29, 0.717) is 17.8 Å². The second kappa shape index (κ2) is 14.0. The van der Waals surface area contributed by atoms with Gasteiger partial charge in [0.05, 0.1) is 22.4 Å². The number of hydrogen-bond donors (Lipinski definition) is 0. The van der Waals surface area contributed by atoms with Gasteiger partial charge in [0.2, 0.25) is 0 Å². The second-order valence-corrected chi connectivity index (χ2v) is 18.0. The molecule has 276 valence electrons. The Hall–Kier alpha value is -4.64. The molecule has 2 atom stereocenters. The third-order valence-electron chi connectivity index (χ3n) is 11.3. The first-order chi connectivity index (χ1) is 25.1. The van der Waals surface area contributed by atoms with Gasteiger partial charge in [-0.05, 0) is 116 Å². The topological polar surface area (TPSA) is 44.9 Å². The highest BCUT2D eigenvalue weighted by Gasteiger charge is 2.31. The van der Waals surface area contributed by atoms with Crippen molar-refractivity contribution in [1.29, 1.82) is 0 Å². The molecule has 3 aromatic carbocycles. The van der Waals surface area contributed by atoms with Gasteiger partial charge in [0.25, 0.3) is 0 Å². The van der Waals surface area contributed by atoms with Crippen molar-refractivity contribution in [2.75, 3.05) is 0 Å². The number of aryl methyl sites for hydroxylation is 1. The average molecular weight is 707 g/mol. The zero-order chi connectivity index (χ0) is 37.8. The lowest BCUT2D eigenvalue weighted by molar-refractivity contribution is 0.445. The average Bonchev–Trinajstić information content (AvgIpc) is 3.60. The van der Waals surface area contributed by atoms with Gasteiger partial charge in [0.1, 0.15) is 17.3 Å². The van der Waals surface area contributed by atoms with E-state index >= 15 is 0 Å². The maximum absolute atomic E-state index is 6.89. The molecule has 53 heavy (non-hydrogen) atoms. The predicted octanol–water partition coefficient (Wildman–Crippen LogP) is 13.1. The summed E-state index contributed by atoms with van der Waals surface area (Å²) in [6.45, 7) is 25.2. The van der Waals surface area contributed by atoms with E-state index in [-0.39, 0.29) is 10.8 Å². The minimum absolute atomic E-state index is 0.00716. The number of allylic oxidation sites excluding steroid dienone is 2. The summed E-state index contributed by atoms with van der Waals surface area (Å²) in [5, 5.41) is 7.71. The molecule has 0 radical (unpaired) electrons. The van der Waals surface area contributed by atoms with Crippen LogP contribution in [0.5, 0.6) is 11.5 Å². The summed E-state index contributed by atoms with van der Waals surface area (Å²) in [6.07, 6.45) is 8.87. The van der Waals surface area contributed by atoms with E-state index in [0.717, 1.165) is 52.6 Å². The summed E-state index contributed by atoms with van der Waals surface area (Å²) in [4.78, 5) is 4.89. The van der Waals surface area contributed by atoms with E-state index in [1.165, 1.54) is 51.6 Å². The van der Waals surface area contributed by atoms with Crippen LogP contribution in [0.1, 0.15) is 122 Å². The van der Waals surface area contributed by atoms with Crippen molar-refractivity contribution in [2.45, 2.75) is 119 Å². The fourth-order valence-corrected chi connectivity index (χ4v) is 8.30. The lowest BCUT2D eigenvalue weighted by atomic mass is 9.75. The minimum atomic E-state index is -0.0887. The van der Waals surface area contributed by atoms with Crippen molar-refractivity contribution in [3.63, 3.8) is 0 Å². The molecule has 5 nitrogen and oxygen atoms in total. The molecule has 1 aliphatic carbocycles. The quantitative estimate of drug-likeness (QED) is 0.148. The maximum Gasteiger partial charge on any atom is 0.137 e. The van der Waals surface area contributed by atoms with Crippen LogP contribution in [-0.2, 0) is 17.3 Å². The number of aromatic nitrogens is 4. The van der Waals surface area contributed by atoms with E-state index in [1.807, 2.05) is 6.20 Å². The Balaban J connectivity index is 1.36. The molecule has 0 aliphatic heterocycles. The van der Waals surface area contributed by atoms with Crippen LogP contribution in [0.2, 0.25) is 0 Å². The van der Waals surface area contributed by atoms with E-state index in [2.05, 4.69) is 164 Å². The summed E-state index contributed by atoms with van der Waals surface area (Å²) in [5.74, 6) is 4.11. The van der Waals surface area contributed by atoms with Crippen LogP contribution >= 0.6 is 0 Å². The molecule has 0 fully saturated rings. The lowest BCUT2D eigenvalue weighted by Crippen LogP contribution is -2.18. The number of pyridine rings is 1. The smallest absolute Gasteiger partial charge is 0.137 e. The SMILES string of the molecule is CC1=CCC[C@H](C)C1c1c(C)nn(-c2cc(Oc3ccc4c5ccccc5n(-c5cc(C(C)(C)C)ccn5)c4c3)cc(C(C)(C)C)c2)c1CCC(C)C. The van der Waals surface area contributed by atoms with Gasteiger partial charge in [0, 0.05) is 46.3 Å². The monoisotopic (exact) mass is 706 g/mol. The highest BCUT2D eigenvalue weighted by atomic mass is 16.5. The maximum atomic E-state index is 6.89. The lowest BCUT2D eigenvalue weighted by Gasteiger charge is -2.30. The van der Waals surface area contributed by atoms with Gasteiger partial charge in [-0.25, -0.2) is 9.67 Å². The molecule has 6 aromatic rings. The molecule has 1 aliphatic rings. The zero-order valence-corrected chi connectivity index (χ0v) is 33.8. The Morgan fingerprint density at radius 1 is 0.811 bits per heavy atom. The summed E-state index contributed by atoms with van der Waals surface area (Å²) in [7, 11) is 0. The van der Waals surface area contributed by atoms with Crippen molar-refractivity contribution in [1.82, 2.24) is 19.3 Å². The molecule has 3 heterocycles. The summed E-state index contributed by atoms with van der Waals surface area (Å²) < 4.78 is 11.4. The fourth-order valence-electron chi connectivity index (χ4n) is 8.30.